The molecule has 2 heterocycles. The third kappa shape index (κ3) is 4.25. The van der Waals surface area contributed by atoms with E-state index in [1.54, 1.807) is 0 Å². The number of likely N-dealkylation sites (N-methyl/N-ethyl adjacent to an activating group) is 1. The molecule has 1 amide bonds. The van der Waals surface area contributed by atoms with Crippen LogP contribution in [0.15, 0.2) is 0 Å². The highest BCUT2D eigenvalue weighted by atomic mass is 16.5. The molecular weight excluding hydrogens is 228 g/mol. The molecule has 2 fully saturated rings. The van der Waals surface area contributed by atoms with Gasteiger partial charge in [0.15, 0.2) is 0 Å². The first-order valence-corrected chi connectivity index (χ1v) is 7.32. The SMILES string of the molecule is CN(CC1CCCO1)C(=O)CCC1CCCNC1. The average molecular weight is 254 g/mol. The average Bonchev–Trinajstić information content (AvgIpc) is 2.90. The number of nitrogens with zero attached hydrogens (tertiary/aromatic N) is 1. The van der Waals surface area contributed by atoms with Crippen molar-refractivity contribution in [2.75, 3.05) is 33.3 Å². The minimum Gasteiger partial charge on any atom is -0.376 e. The van der Waals surface area contributed by atoms with Crippen LogP contribution in [0.3, 0.4) is 0 Å². The maximum Gasteiger partial charge on any atom is 0.222 e. The predicted molar refractivity (Wildman–Crippen MR) is 71.4 cm³/mol. The molecule has 2 rings (SSSR count). The Morgan fingerprint density at radius 1 is 1.39 bits per heavy atom. The number of hydrogen-bond acceptors (Lipinski definition) is 3. The van der Waals surface area contributed by atoms with Gasteiger partial charge in [0.25, 0.3) is 0 Å². The molecule has 2 saturated heterocycles. The van der Waals surface area contributed by atoms with Crippen molar-refractivity contribution < 1.29 is 9.53 Å². The van der Waals surface area contributed by atoms with Crippen LogP contribution in [0.2, 0.25) is 0 Å². The zero-order valence-corrected chi connectivity index (χ0v) is 11.5. The van der Waals surface area contributed by atoms with Crippen LogP contribution < -0.4 is 5.32 Å². The van der Waals surface area contributed by atoms with E-state index in [0.29, 0.717) is 12.3 Å². The van der Waals surface area contributed by atoms with Crippen LogP contribution in [0, 0.1) is 5.92 Å². The minimum atomic E-state index is 0.273. The first-order valence-electron chi connectivity index (χ1n) is 7.32. The quantitative estimate of drug-likeness (QED) is 0.806. The highest BCUT2D eigenvalue weighted by Gasteiger charge is 2.21. The highest BCUT2D eigenvalue weighted by Crippen LogP contribution is 2.17. The number of amides is 1. The Labute approximate surface area is 110 Å². The Hall–Kier alpha value is -0.610. The van der Waals surface area contributed by atoms with Crippen LogP contribution in [0.1, 0.15) is 38.5 Å². The van der Waals surface area contributed by atoms with Crippen LogP contribution in [-0.2, 0) is 9.53 Å². The number of carbonyl (C=O) groups excluding carboxylic acids is 1. The summed E-state index contributed by atoms with van der Waals surface area (Å²) in [7, 11) is 1.91. The summed E-state index contributed by atoms with van der Waals surface area (Å²) < 4.78 is 5.56. The Morgan fingerprint density at radius 3 is 2.94 bits per heavy atom. The first kappa shape index (κ1) is 13.8. The van der Waals surface area contributed by atoms with E-state index in [9.17, 15) is 4.79 Å². The van der Waals surface area contributed by atoms with Gasteiger partial charge >= 0.3 is 0 Å². The van der Waals surface area contributed by atoms with E-state index in [-0.39, 0.29) is 12.0 Å². The summed E-state index contributed by atoms with van der Waals surface area (Å²) in [6.07, 6.45) is 6.76. The summed E-state index contributed by atoms with van der Waals surface area (Å²) in [5.41, 5.74) is 0. The second-order valence-electron chi connectivity index (χ2n) is 5.66. The van der Waals surface area contributed by atoms with Crippen LogP contribution in [0.25, 0.3) is 0 Å². The zero-order chi connectivity index (χ0) is 12.8. The first-order chi connectivity index (χ1) is 8.75. The fourth-order valence-corrected chi connectivity index (χ4v) is 2.88. The summed E-state index contributed by atoms with van der Waals surface area (Å²) in [5.74, 6) is 0.968. The van der Waals surface area contributed by atoms with Crippen molar-refractivity contribution in [2.24, 2.45) is 5.92 Å². The van der Waals surface area contributed by atoms with Crippen molar-refractivity contribution in [3.8, 4) is 0 Å². The van der Waals surface area contributed by atoms with E-state index in [4.69, 9.17) is 4.74 Å². The zero-order valence-electron chi connectivity index (χ0n) is 11.5. The number of rotatable bonds is 5. The van der Waals surface area contributed by atoms with E-state index in [2.05, 4.69) is 5.32 Å². The second kappa shape index (κ2) is 7.10. The maximum atomic E-state index is 12.0. The van der Waals surface area contributed by atoms with Crippen LogP contribution >= 0.6 is 0 Å². The minimum absolute atomic E-state index is 0.273. The summed E-state index contributed by atoms with van der Waals surface area (Å²) in [6, 6.07) is 0. The van der Waals surface area contributed by atoms with E-state index in [1.807, 2.05) is 11.9 Å². The van der Waals surface area contributed by atoms with Gasteiger partial charge in [-0.25, -0.2) is 0 Å². The molecule has 1 N–H and O–H groups in total. The third-order valence-corrected chi connectivity index (χ3v) is 4.09. The monoisotopic (exact) mass is 254 g/mol. The summed E-state index contributed by atoms with van der Waals surface area (Å²) in [5, 5.41) is 3.40. The molecule has 0 spiro atoms. The predicted octanol–water partition coefficient (Wildman–Crippen LogP) is 1.40. The van der Waals surface area contributed by atoms with Crippen molar-refractivity contribution in [3.63, 3.8) is 0 Å². The molecule has 0 saturated carbocycles. The molecule has 2 aliphatic rings. The fourth-order valence-electron chi connectivity index (χ4n) is 2.88. The van der Waals surface area contributed by atoms with Gasteiger partial charge in [0, 0.05) is 26.6 Å². The topological polar surface area (TPSA) is 41.6 Å². The molecule has 104 valence electrons. The molecule has 4 nitrogen and oxygen atoms in total. The lowest BCUT2D eigenvalue weighted by atomic mass is 9.94. The molecule has 0 aromatic rings. The van der Waals surface area contributed by atoms with Crippen molar-refractivity contribution >= 4 is 5.91 Å². The van der Waals surface area contributed by atoms with Gasteiger partial charge in [0.1, 0.15) is 0 Å². The van der Waals surface area contributed by atoms with Crippen LogP contribution in [0.5, 0.6) is 0 Å². The number of hydrogen-bond donors (Lipinski definition) is 1. The number of ether oxygens (including phenoxy) is 1. The molecule has 0 radical (unpaired) electrons. The van der Waals surface area contributed by atoms with E-state index < -0.39 is 0 Å². The number of carbonyl (C=O) groups is 1. The fraction of sp³-hybridized carbons (Fsp3) is 0.929. The molecule has 0 aromatic carbocycles. The van der Waals surface area contributed by atoms with Gasteiger partial charge in [0.2, 0.25) is 5.91 Å². The van der Waals surface area contributed by atoms with Crippen LogP contribution in [-0.4, -0.2) is 50.2 Å². The Morgan fingerprint density at radius 2 is 2.28 bits per heavy atom. The summed E-state index contributed by atoms with van der Waals surface area (Å²) >= 11 is 0. The van der Waals surface area contributed by atoms with E-state index in [1.165, 1.54) is 12.8 Å². The van der Waals surface area contributed by atoms with Gasteiger partial charge < -0.3 is 15.0 Å². The Bertz CT molecular complexity index is 259. The van der Waals surface area contributed by atoms with Crippen molar-refractivity contribution in [2.45, 2.75) is 44.6 Å². The molecule has 0 aromatic heterocycles. The number of nitrogens with one attached hydrogen (secondary N) is 1. The molecule has 2 unspecified atom stereocenters. The lowest BCUT2D eigenvalue weighted by Crippen LogP contribution is -2.35. The highest BCUT2D eigenvalue weighted by molar-refractivity contribution is 5.75. The molecule has 0 bridgehead atoms. The molecular formula is C14H26N2O2. The molecule has 18 heavy (non-hydrogen) atoms. The van der Waals surface area contributed by atoms with E-state index in [0.717, 1.165) is 45.5 Å². The van der Waals surface area contributed by atoms with Gasteiger partial charge in [-0.2, -0.15) is 0 Å². The van der Waals surface area contributed by atoms with Crippen LogP contribution in [0.4, 0.5) is 0 Å². The largest absolute Gasteiger partial charge is 0.376 e. The third-order valence-electron chi connectivity index (χ3n) is 4.09. The molecule has 2 aliphatic heterocycles. The van der Waals surface area contributed by atoms with Gasteiger partial charge in [-0.15, -0.1) is 0 Å². The van der Waals surface area contributed by atoms with Gasteiger partial charge in [-0.3, -0.25) is 4.79 Å². The van der Waals surface area contributed by atoms with Gasteiger partial charge in [-0.05, 0) is 51.1 Å². The Balaban J connectivity index is 1.63. The summed E-state index contributed by atoms with van der Waals surface area (Å²) in [6.45, 7) is 3.86. The van der Waals surface area contributed by atoms with Gasteiger partial charge in [-0.1, -0.05) is 0 Å². The molecule has 4 heteroatoms. The smallest absolute Gasteiger partial charge is 0.222 e. The summed E-state index contributed by atoms with van der Waals surface area (Å²) in [4.78, 5) is 13.9. The maximum absolute atomic E-state index is 12.0. The molecule has 0 aliphatic carbocycles. The molecule has 2 atom stereocenters. The second-order valence-corrected chi connectivity index (χ2v) is 5.66. The normalized spacial score (nSPS) is 28.3. The van der Waals surface area contributed by atoms with Crippen molar-refractivity contribution in [1.82, 2.24) is 10.2 Å². The standard InChI is InChI=1S/C14H26N2O2/c1-16(11-13-5-3-9-18-13)14(17)7-6-12-4-2-8-15-10-12/h12-13,15H,2-11H2,1H3. The number of piperidine rings is 1. The van der Waals surface area contributed by atoms with E-state index >= 15 is 0 Å². The lowest BCUT2D eigenvalue weighted by Gasteiger charge is -2.24. The Kier molecular flexibility index (Phi) is 5.45. The van der Waals surface area contributed by atoms with Crippen molar-refractivity contribution in [1.29, 1.82) is 0 Å². The van der Waals surface area contributed by atoms with Crippen molar-refractivity contribution in [3.05, 3.63) is 0 Å². The van der Waals surface area contributed by atoms with Gasteiger partial charge in [0.05, 0.1) is 6.10 Å². The lowest BCUT2D eigenvalue weighted by molar-refractivity contribution is -0.131.